The summed E-state index contributed by atoms with van der Waals surface area (Å²) in [6, 6.07) is 13.5. The fraction of sp³-hybridized carbons (Fsp3) is 0.375. The molecular weight excluding hydrogens is 408 g/mol. The lowest BCUT2D eigenvalue weighted by Crippen LogP contribution is -2.22. The first kappa shape index (κ1) is 21.4. The van der Waals surface area contributed by atoms with Gasteiger partial charge in [0.2, 0.25) is 0 Å². The summed E-state index contributed by atoms with van der Waals surface area (Å²) in [6.45, 7) is 6.86. The van der Waals surface area contributed by atoms with Crippen LogP contribution in [0.25, 0.3) is 0 Å². The monoisotopic (exact) mass is 436 g/mol. The molecule has 3 heterocycles. The summed E-state index contributed by atoms with van der Waals surface area (Å²) in [4.78, 5) is 24.2. The van der Waals surface area contributed by atoms with Crippen LogP contribution in [-0.2, 0) is 12.3 Å². The van der Waals surface area contributed by atoms with Crippen LogP contribution in [0.1, 0.15) is 60.0 Å². The van der Waals surface area contributed by atoms with Gasteiger partial charge in [-0.25, -0.2) is 9.97 Å². The third kappa shape index (κ3) is 5.67. The van der Waals surface area contributed by atoms with Gasteiger partial charge in [-0.15, -0.1) is 0 Å². The van der Waals surface area contributed by atoms with Crippen molar-refractivity contribution in [1.82, 2.24) is 15.3 Å². The minimum absolute atomic E-state index is 0.112. The Morgan fingerprint density at radius 3 is 2.61 bits per heavy atom. The van der Waals surface area contributed by atoms with E-state index in [1.165, 1.54) is 12.8 Å². The molecule has 0 spiro atoms. The number of anilines is 1. The summed E-state index contributed by atoms with van der Waals surface area (Å²) in [5.41, 5.74) is 2.85. The van der Waals surface area contributed by atoms with Crippen molar-refractivity contribution in [3.63, 3.8) is 0 Å². The Hall–Kier alpha value is -2.80. The lowest BCUT2D eigenvalue weighted by molar-refractivity contribution is 0.0948. The Labute approximate surface area is 187 Å². The number of thioether (sulfide) groups is 1. The number of benzene rings is 1. The molecule has 0 radical (unpaired) electrons. The third-order valence-corrected chi connectivity index (χ3v) is 6.24. The molecule has 1 amide bonds. The number of aromatic nitrogens is 2. The average Bonchev–Trinajstić information content (AvgIpc) is 3.50. The van der Waals surface area contributed by atoms with Gasteiger partial charge in [-0.05, 0) is 48.6 Å². The van der Waals surface area contributed by atoms with E-state index in [0.29, 0.717) is 18.0 Å². The highest BCUT2D eigenvalue weighted by molar-refractivity contribution is 7.98. The number of furan rings is 1. The summed E-state index contributed by atoms with van der Waals surface area (Å²) in [7, 11) is 0. The van der Waals surface area contributed by atoms with Crippen LogP contribution in [0, 0.1) is 0 Å². The first-order chi connectivity index (χ1) is 15.1. The summed E-state index contributed by atoms with van der Waals surface area (Å²) < 4.78 is 5.24. The number of carbonyl (C=O) groups is 1. The number of hydrogen-bond donors (Lipinski definition) is 1. The molecule has 162 valence electrons. The zero-order chi connectivity index (χ0) is 21.6. The maximum atomic E-state index is 12.3. The number of carbonyl (C=O) groups excluding carboxylic acids is 1. The van der Waals surface area contributed by atoms with Crippen molar-refractivity contribution >= 4 is 23.5 Å². The minimum Gasteiger partial charge on any atom is -0.467 e. The molecule has 1 N–H and O–H groups in total. The minimum atomic E-state index is -0.112. The SMILES string of the molecule is CC(C)c1cc(N2CCCC2)nc(SCc2ccc(C(=O)NCc3ccco3)cc2)n1. The Morgan fingerprint density at radius 1 is 1.16 bits per heavy atom. The van der Waals surface area contributed by atoms with Crippen molar-refractivity contribution in [1.29, 1.82) is 0 Å². The highest BCUT2D eigenvalue weighted by Gasteiger charge is 2.17. The summed E-state index contributed by atoms with van der Waals surface area (Å²) in [5, 5.41) is 3.68. The number of nitrogens with one attached hydrogen (secondary N) is 1. The maximum Gasteiger partial charge on any atom is 0.251 e. The van der Waals surface area contributed by atoms with Gasteiger partial charge in [0.05, 0.1) is 12.8 Å². The molecule has 1 saturated heterocycles. The van der Waals surface area contributed by atoms with E-state index in [0.717, 1.165) is 46.8 Å². The molecule has 0 atom stereocenters. The van der Waals surface area contributed by atoms with E-state index in [9.17, 15) is 4.79 Å². The topological polar surface area (TPSA) is 71.3 Å². The molecule has 0 bridgehead atoms. The second-order valence-corrected chi connectivity index (χ2v) is 8.97. The zero-order valence-electron chi connectivity index (χ0n) is 18.0. The molecule has 0 saturated carbocycles. The quantitative estimate of drug-likeness (QED) is 0.395. The van der Waals surface area contributed by atoms with E-state index < -0.39 is 0 Å². The lowest BCUT2D eigenvalue weighted by atomic mass is 10.1. The molecule has 0 unspecified atom stereocenters. The second kappa shape index (κ2) is 10.0. The van der Waals surface area contributed by atoms with Gasteiger partial charge in [0.1, 0.15) is 11.6 Å². The van der Waals surface area contributed by atoms with Crippen molar-refractivity contribution in [2.45, 2.75) is 50.1 Å². The van der Waals surface area contributed by atoms with Gasteiger partial charge in [0.25, 0.3) is 5.91 Å². The summed E-state index contributed by atoms with van der Waals surface area (Å²) in [5.74, 6) is 2.79. The summed E-state index contributed by atoms with van der Waals surface area (Å²) >= 11 is 1.64. The van der Waals surface area contributed by atoms with Crippen LogP contribution in [0.4, 0.5) is 5.82 Å². The van der Waals surface area contributed by atoms with E-state index in [2.05, 4.69) is 30.1 Å². The van der Waals surface area contributed by atoms with Crippen LogP contribution in [0.3, 0.4) is 0 Å². The van der Waals surface area contributed by atoms with Gasteiger partial charge in [-0.3, -0.25) is 4.79 Å². The third-order valence-electron chi connectivity index (χ3n) is 5.32. The number of rotatable bonds is 8. The van der Waals surface area contributed by atoms with Crippen LogP contribution in [0.2, 0.25) is 0 Å². The molecule has 1 fully saturated rings. The molecule has 1 aromatic carbocycles. The van der Waals surface area contributed by atoms with Gasteiger partial charge >= 0.3 is 0 Å². The van der Waals surface area contributed by atoms with Gasteiger partial charge in [0.15, 0.2) is 5.16 Å². The molecule has 4 rings (SSSR count). The Bertz CT molecular complexity index is 997. The molecule has 7 heteroatoms. The van der Waals surface area contributed by atoms with E-state index in [4.69, 9.17) is 14.4 Å². The van der Waals surface area contributed by atoms with Crippen LogP contribution in [0.15, 0.2) is 58.3 Å². The van der Waals surface area contributed by atoms with E-state index >= 15 is 0 Å². The zero-order valence-corrected chi connectivity index (χ0v) is 18.8. The van der Waals surface area contributed by atoms with E-state index in [1.54, 1.807) is 18.0 Å². The van der Waals surface area contributed by atoms with Crippen LogP contribution in [-0.4, -0.2) is 29.0 Å². The van der Waals surface area contributed by atoms with Gasteiger partial charge < -0.3 is 14.6 Å². The van der Waals surface area contributed by atoms with Gasteiger partial charge in [-0.2, -0.15) is 0 Å². The second-order valence-electron chi connectivity index (χ2n) is 8.03. The molecule has 0 aliphatic carbocycles. The standard InChI is InChI=1S/C24H28N4O2S/c1-17(2)21-14-22(28-11-3-4-12-28)27-24(26-21)31-16-18-7-9-19(10-8-18)23(29)25-15-20-6-5-13-30-20/h5-10,13-14,17H,3-4,11-12,15-16H2,1-2H3,(H,25,29). The first-order valence-electron chi connectivity index (χ1n) is 10.7. The largest absolute Gasteiger partial charge is 0.467 e. The van der Waals surface area contributed by atoms with Crippen molar-refractivity contribution in [3.8, 4) is 0 Å². The van der Waals surface area contributed by atoms with Crippen molar-refractivity contribution < 1.29 is 9.21 Å². The molecule has 3 aromatic rings. The van der Waals surface area contributed by atoms with Crippen molar-refractivity contribution in [2.24, 2.45) is 0 Å². The molecule has 1 aliphatic rings. The van der Waals surface area contributed by atoms with Gasteiger partial charge in [-0.1, -0.05) is 37.7 Å². The Kier molecular flexibility index (Phi) is 6.92. The molecule has 1 aliphatic heterocycles. The normalized spacial score (nSPS) is 13.7. The van der Waals surface area contributed by atoms with Crippen molar-refractivity contribution in [3.05, 3.63) is 71.3 Å². The number of nitrogens with zero attached hydrogens (tertiary/aromatic N) is 3. The highest BCUT2D eigenvalue weighted by atomic mass is 32.2. The smallest absolute Gasteiger partial charge is 0.251 e. The molecule has 6 nitrogen and oxygen atoms in total. The molecule has 2 aromatic heterocycles. The number of amides is 1. The fourth-order valence-corrected chi connectivity index (χ4v) is 4.30. The highest BCUT2D eigenvalue weighted by Crippen LogP contribution is 2.27. The predicted octanol–water partition coefficient (Wildman–Crippen LogP) is 5.02. The van der Waals surface area contributed by atoms with Crippen molar-refractivity contribution in [2.75, 3.05) is 18.0 Å². The van der Waals surface area contributed by atoms with E-state index in [-0.39, 0.29) is 5.91 Å². The fourth-order valence-electron chi connectivity index (χ4n) is 3.48. The predicted molar refractivity (Wildman–Crippen MR) is 123 cm³/mol. The first-order valence-corrected chi connectivity index (χ1v) is 11.7. The number of hydrogen-bond acceptors (Lipinski definition) is 6. The van der Waals surface area contributed by atoms with E-state index in [1.807, 2.05) is 36.4 Å². The van der Waals surface area contributed by atoms with Gasteiger partial charge in [0, 0.05) is 36.2 Å². The maximum absolute atomic E-state index is 12.3. The Balaban J connectivity index is 1.37. The van der Waals surface area contributed by atoms with Crippen LogP contribution < -0.4 is 10.2 Å². The van der Waals surface area contributed by atoms with Crippen LogP contribution in [0.5, 0.6) is 0 Å². The lowest BCUT2D eigenvalue weighted by Gasteiger charge is -2.18. The molecular formula is C24H28N4O2S. The average molecular weight is 437 g/mol. The summed E-state index contributed by atoms with van der Waals surface area (Å²) in [6.07, 6.45) is 4.05. The molecule has 31 heavy (non-hydrogen) atoms. The van der Waals surface area contributed by atoms with Crippen LogP contribution >= 0.6 is 11.8 Å². The Morgan fingerprint density at radius 2 is 1.94 bits per heavy atom.